The fraction of sp³-hybridized carbons (Fsp3) is 0.619. The second-order valence-corrected chi connectivity index (χ2v) is 8.45. The van der Waals surface area contributed by atoms with Gasteiger partial charge in [-0.05, 0) is 51.5 Å². The van der Waals surface area contributed by atoms with Crippen LogP contribution in [0.3, 0.4) is 0 Å². The van der Waals surface area contributed by atoms with Crippen molar-refractivity contribution >= 4 is 12.0 Å². The van der Waals surface area contributed by atoms with Crippen LogP contribution >= 0.6 is 0 Å². The first-order valence-corrected chi connectivity index (χ1v) is 9.31. The van der Waals surface area contributed by atoms with E-state index in [0.29, 0.717) is 19.4 Å². The minimum atomic E-state index is -0.511. The largest absolute Gasteiger partial charge is 0.444 e. The molecule has 0 aliphatic rings. The topological polar surface area (TPSA) is 67.4 Å². The lowest BCUT2D eigenvalue weighted by Gasteiger charge is -2.29. The molecule has 2 N–H and O–H groups in total. The van der Waals surface area contributed by atoms with Gasteiger partial charge in [0.15, 0.2) is 0 Å². The van der Waals surface area contributed by atoms with Gasteiger partial charge in [-0.3, -0.25) is 4.79 Å². The number of hydrogen-bond acceptors (Lipinski definition) is 3. The van der Waals surface area contributed by atoms with Gasteiger partial charge in [-0.15, -0.1) is 0 Å². The monoisotopic (exact) mass is 362 g/mol. The van der Waals surface area contributed by atoms with Crippen LogP contribution in [0.25, 0.3) is 0 Å². The Morgan fingerprint density at radius 2 is 1.69 bits per heavy atom. The number of carbonyl (C=O) groups is 2. The molecule has 0 aliphatic heterocycles. The molecule has 0 spiro atoms. The Labute approximate surface area is 157 Å². The Morgan fingerprint density at radius 3 is 2.27 bits per heavy atom. The molecule has 5 heteroatoms. The molecule has 1 aromatic carbocycles. The molecule has 1 unspecified atom stereocenters. The van der Waals surface area contributed by atoms with E-state index in [2.05, 4.69) is 36.6 Å². The highest BCUT2D eigenvalue weighted by atomic mass is 16.6. The van der Waals surface area contributed by atoms with Gasteiger partial charge in [0.25, 0.3) is 0 Å². The molecule has 0 aliphatic carbocycles. The first-order valence-electron chi connectivity index (χ1n) is 9.31. The summed E-state index contributed by atoms with van der Waals surface area (Å²) in [5.74, 6) is 0.00681. The third-order valence-corrected chi connectivity index (χ3v) is 4.03. The van der Waals surface area contributed by atoms with Gasteiger partial charge in [0, 0.05) is 19.0 Å². The standard InChI is InChI=1S/C21H34N2O3/c1-16(15-21(5,6)17-11-8-7-9-12-17)23-18(24)13-10-14-22-19(25)26-20(2,3)4/h7-9,11-12,16H,10,13-15H2,1-6H3,(H,22,25)(H,23,24). The molecule has 0 bridgehead atoms. The summed E-state index contributed by atoms with van der Waals surface area (Å²) in [5.41, 5.74) is 0.747. The van der Waals surface area contributed by atoms with Crippen molar-refractivity contribution in [3.05, 3.63) is 35.9 Å². The van der Waals surface area contributed by atoms with Crippen molar-refractivity contribution in [2.24, 2.45) is 0 Å². The zero-order chi connectivity index (χ0) is 19.8. The normalized spacial score (nSPS) is 13.0. The van der Waals surface area contributed by atoms with E-state index in [9.17, 15) is 9.59 Å². The molecule has 1 rings (SSSR count). The minimum absolute atomic E-state index is 0.00681. The number of amides is 2. The second kappa shape index (κ2) is 9.60. The van der Waals surface area contributed by atoms with Crippen molar-refractivity contribution in [2.75, 3.05) is 6.54 Å². The molecule has 0 saturated carbocycles. The number of rotatable bonds is 8. The summed E-state index contributed by atoms with van der Waals surface area (Å²) in [6.07, 6.45) is 1.38. The van der Waals surface area contributed by atoms with E-state index < -0.39 is 11.7 Å². The van der Waals surface area contributed by atoms with Crippen molar-refractivity contribution in [3.8, 4) is 0 Å². The molecular weight excluding hydrogens is 328 g/mol. The molecule has 0 heterocycles. The third kappa shape index (κ3) is 8.88. The van der Waals surface area contributed by atoms with Crippen molar-refractivity contribution < 1.29 is 14.3 Å². The zero-order valence-corrected chi connectivity index (χ0v) is 17.0. The number of ether oxygens (including phenoxy) is 1. The van der Waals surface area contributed by atoms with E-state index in [1.807, 2.05) is 45.9 Å². The molecule has 0 aromatic heterocycles. The Kier molecular flexibility index (Phi) is 8.12. The van der Waals surface area contributed by atoms with Gasteiger partial charge >= 0.3 is 6.09 Å². The van der Waals surface area contributed by atoms with Gasteiger partial charge in [0.05, 0.1) is 0 Å². The molecule has 1 atom stereocenters. The molecule has 5 nitrogen and oxygen atoms in total. The summed E-state index contributed by atoms with van der Waals surface area (Å²) in [6, 6.07) is 10.4. The van der Waals surface area contributed by atoms with E-state index in [4.69, 9.17) is 4.74 Å². The lowest BCUT2D eigenvalue weighted by molar-refractivity contribution is -0.121. The fourth-order valence-electron chi connectivity index (χ4n) is 2.92. The van der Waals surface area contributed by atoms with Gasteiger partial charge in [-0.25, -0.2) is 4.79 Å². The Hall–Kier alpha value is -2.04. The van der Waals surface area contributed by atoms with Crippen LogP contribution in [0.5, 0.6) is 0 Å². The van der Waals surface area contributed by atoms with Gasteiger partial charge in [0.1, 0.15) is 5.60 Å². The van der Waals surface area contributed by atoms with Crippen LogP contribution in [0.15, 0.2) is 30.3 Å². The van der Waals surface area contributed by atoms with Crippen molar-refractivity contribution in [1.29, 1.82) is 0 Å². The van der Waals surface area contributed by atoms with Crippen LogP contribution in [-0.2, 0) is 14.9 Å². The predicted octanol–water partition coefficient (Wildman–Crippen LogP) is 4.16. The maximum absolute atomic E-state index is 12.1. The SMILES string of the molecule is CC(CC(C)(C)c1ccccc1)NC(=O)CCCNC(=O)OC(C)(C)C. The Balaban J connectivity index is 2.29. The molecular formula is C21H34N2O3. The smallest absolute Gasteiger partial charge is 0.407 e. The van der Waals surface area contributed by atoms with Gasteiger partial charge in [0.2, 0.25) is 5.91 Å². The summed E-state index contributed by atoms with van der Waals surface area (Å²) in [6.45, 7) is 12.3. The minimum Gasteiger partial charge on any atom is -0.444 e. The van der Waals surface area contributed by atoms with Crippen molar-refractivity contribution in [2.45, 2.75) is 77.9 Å². The van der Waals surface area contributed by atoms with E-state index in [0.717, 1.165) is 6.42 Å². The Morgan fingerprint density at radius 1 is 1.08 bits per heavy atom. The predicted molar refractivity (Wildman–Crippen MR) is 105 cm³/mol. The zero-order valence-electron chi connectivity index (χ0n) is 17.0. The maximum atomic E-state index is 12.1. The van der Waals surface area contributed by atoms with Gasteiger partial charge in [-0.2, -0.15) is 0 Å². The highest BCUT2D eigenvalue weighted by molar-refractivity contribution is 5.76. The summed E-state index contributed by atoms with van der Waals surface area (Å²) < 4.78 is 5.16. The fourth-order valence-corrected chi connectivity index (χ4v) is 2.92. The molecule has 26 heavy (non-hydrogen) atoms. The van der Waals surface area contributed by atoms with Crippen LogP contribution in [0, 0.1) is 0 Å². The second-order valence-electron chi connectivity index (χ2n) is 8.45. The van der Waals surface area contributed by atoms with E-state index in [1.165, 1.54) is 5.56 Å². The van der Waals surface area contributed by atoms with E-state index >= 15 is 0 Å². The van der Waals surface area contributed by atoms with Crippen LogP contribution in [0.1, 0.15) is 66.4 Å². The number of nitrogens with one attached hydrogen (secondary N) is 2. The summed E-state index contributed by atoms with van der Waals surface area (Å²) in [4.78, 5) is 23.6. The average Bonchev–Trinajstić information content (AvgIpc) is 2.50. The lowest BCUT2D eigenvalue weighted by Crippen LogP contribution is -2.37. The van der Waals surface area contributed by atoms with Crippen LogP contribution < -0.4 is 10.6 Å². The van der Waals surface area contributed by atoms with Crippen LogP contribution in [0.4, 0.5) is 4.79 Å². The summed E-state index contributed by atoms with van der Waals surface area (Å²) in [5, 5.41) is 5.72. The molecule has 1 aromatic rings. The van der Waals surface area contributed by atoms with Gasteiger partial charge < -0.3 is 15.4 Å². The first kappa shape index (κ1) is 22.0. The van der Waals surface area contributed by atoms with Crippen LogP contribution in [0.2, 0.25) is 0 Å². The molecule has 0 saturated heterocycles. The molecule has 0 radical (unpaired) electrons. The quantitative estimate of drug-likeness (QED) is 0.682. The number of alkyl carbamates (subject to hydrolysis) is 1. The number of benzene rings is 1. The van der Waals surface area contributed by atoms with E-state index in [-0.39, 0.29) is 17.4 Å². The van der Waals surface area contributed by atoms with E-state index in [1.54, 1.807) is 0 Å². The third-order valence-electron chi connectivity index (χ3n) is 4.03. The highest BCUT2D eigenvalue weighted by Crippen LogP contribution is 2.28. The molecule has 2 amide bonds. The lowest BCUT2D eigenvalue weighted by atomic mass is 9.79. The number of carbonyl (C=O) groups excluding carboxylic acids is 2. The van der Waals surface area contributed by atoms with Crippen molar-refractivity contribution in [3.63, 3.8) is 0 Å². The summed E-state index contributed by atoms with van der Waals surface area (Å²) >= 11 is 0. The summed E-state index contributed by atoms with van der Waals surface area (Å²) in [7, 11) is 0. The van der Waals surface area contributed by atoms with Gasteiger partial charge in [-0.1, -0.05) is 44.2 Å². The van der Waals surface area contributed by atoms with Crippen LogP contribution in [-0.4, -0.2) is 30.2 Å². The highest BCUT2D eigenvalue weighted by Gasteiger charge is 2.24. The Bertz CT molecular complexity index is 577. The van der Waals surface area contributed by atoms with Crippen molar-refractivity contribution in [1.82, 2.24) is 10.6 Å². The molecule has 146 valence electrons. The molecule has 0 fully saturated rings. The number of hydrogen-bond donors (Lipinski definition) is 2. The maximum Gasteiger partial charge on any atom is 0.407 e. The first-order chi connectivity index (χ1) is 12.0. The average molecular weight is 363 g/mol.